The maximum absolute atomic E-state index is 13.3. The monoisotopic (exact) mass is 464 g/mol. The van der Waals surface area contributed by atoms with E-state index in [0.29, 0.717) is 29.8 Å². The Kier molecular flexibility index (Phi) is 7.10. The van der Waals surface area contributed by atoms with Gasteiger partial charge in [0.1, 0.15) is 17.8 Å². The Labute approximate surface area is 198 Å². The average Bonchev–Trinajstić information content (AvgIpc) is 2.89. The smallest absolute Gasteiger partial charge is 0.254 e. The van der Waals surface area contributed by atoms with Crippen molar-refractivity contribution in [3.63, 3.8) is 0 Å². The summed E-state index contributed by atoms with van der Waals surface area (Å²) >= 11 is 0. The second-order valence-corrected chi connectivity index (χ2v) is 8.35. The summed E-state index contributed by atoms with van der Waals surface area (Å²) in [7, 11) is 1.55. The van der Waals surface area contributed by atoms with Gasteiger partial charge in [0.15, 0.2) is 0 Å². The number of rotatable bonds is 5. The quantitative estimate of drug-likeness (QED) is 0.688. The van der Waals surface area contributed by atoms with E-state index in [2.05, 4.69) is 10.6 Å². The highest BCUT2D eigenvalue weighted by atomic mass is 16.5. The lowest BCUT2D eigenvalue weighted by atomic mass is 10.0. The minimum absolute atomic E-state index is 0.0314. The molecule has 2 aromatic rings. The number of benzene rings is 2. The molecule has 4 rings (SSSR count). The first-order chi connectivity index (χ1) is 16.5. The summed E-state index contributed by atoms with van der Waals surface area (Å²) in [5, 5.41) is 5.54. The van der Waals surface area contributed by atoms with E-state index >= 15 is 0 Å². The lowest BCUT2D eigenvalue weighted by Gasteiger charge is -2.41. The van der Waals surface area contributed by atoms with Gasteiger partial charge in [0.05, 0.1) is 13.7 Å². The van der Waals surface area contributed by atoms with E-state index < -0.39 is 18.0 Å². The zero-order chi connectivity index (χ0) is 24.1. The largest absolute Gasteiger partial charge is 0.497 e. The van der Waals surface area contributed by atoms with Crippen molar-refractivity contribution in [2.45, 2.75) is 24.9 Å². The van der Waals surface area contributed by atoms with Crippen LogP contribution in [-0.4, -0.2) is 78.8 Å². The summed E-state index contributed by atoms with van der Waals surface area (Å²) in [6.45, 7) is 1.10. The molecule has 2 atom stereocenters. The van der Waals surface area contributed by atoms with E-state index in [9.17, 15) is 19.2 Å². The number of nitrogens with zero attached hydrogens (tertiary/aromatic N) is 2. The number of hydrogen-bond donors (Lipinski definition) is 2. The molecule has 0 radical (unpaired) electrons. The van der Waals surface area contributed by atoms with Crippen molar-refractivity contribution < 1.29 is 23.9 Å². The second-order valence-electron chi connectivity index (χ2n) is 8.35. The van der Waals surface area contributed by atoms with Gasteiger partial charge in [-0.25, -0.2) is 0 Å². The number of nitrogens with one attached hydrogen (secondary N) is 2. The number of carbonyl (C=O) groups excluding carboxylic acids is 4. The van der Waals surface area contributed by atoms with Crippen molar-refractivity contribution in [2.24, 2.45) is 0 Å². The van der Waals surface area contributed by atoms with Gasteiger partial charge in [0.25, 0.3) is 11.8 Å². The Morgan fingerprint density at radius 1 is 0.971 bits per heavy atom. The Morgan fingerprint density at radius 2 is 1.68 bits per heavy atom. The summed E-state index contributed by atoms with van der Waals surface area (Å²) in [5.41, 5.74) is 0.931. The Balaban J connectivity index is 1.55. The molecular formula is C25H28N4O5. The van der Waals surface area contributed by atoms with Gasteiger partial charge in [-0.2, -0.15) is 0 Å². The van der Waals surface area contributed by atoms with Crippen LogP contribution in [0.2, 0.25) is 0 Å². The molecule has 0 saturated carbocycles. The van der Waals surface area contributed by atoms with E-state index in [0.717, 1.165) is 6.42 Å². The standard InChI is InChI=1S/C25H28N4O5/c1-34-19-11-9-18(10-12-19)24(32)28-14-15-29(25(33)17-6-3-2-4-7-17)21(16-28)23(31)27-20-8-5-13-26-22(20)30/h2-4,6-7,9-12,20-21H,5,8,13-16H2,1H3,(H,26,30)(H,27,31)/t20-,21-/m0/s1. The van der Waals surface area contributed by atoms with Crippen molar-refractivity contribution >= 4 is 23.6 Å². The van der Waals surface area contributed by atoms with E-state index in [1.807, 2.05) is 6.07 Å². The van der Waals surface area contributed by atoms with Crippen LogP contribution < -0.4 is 15.4 Å². The zero-order valence-corrected chi connectivity index (χ0v) is 19.0. The van der Waals surface area contributed by atoms with Crippen molar-refractivity contribution in [1.29, 1.82) is 0 Å². The van der Waals surface area contributed by atoms with Crippen molar-refractivity contribution in [2.75, 3.05) is 33.3 Å². The molecule has 0 aromatic heterocycles. The van der Waals surface area contributed by atoms with Crippen molar-refractivity contribution in [3.05, 3.63) is 65.7 Å². The van der Waals surface area contributed by atoms with Crippen LogP contribution in [0.4, 0.5) is 0 Å². The summed E-state index contributed by atoms with van der Waals surface area (Å²) < 4.78 is 5.15. The fourth-order valence-electron chi connectivity index (χ4n) is 4.28. The molecule has 0 bridgehead atoms. The van der Waals surface area contributed by atoms with Gasteiger partial charge in [0.2, 0.25) is 11.8 Å². The number of carbonyl (C=O) groups is 4. The average molecular weight is 465 g/mol. The highest BCUT2D eigenvalue weighted by Gasteiger charge is 2.39. The van der Waals surface area contributed by atoms with E-state index in [1.54, 1.807) is 60.5 Å². The van der Waals surface area contributed by atoms with E-state index in [-0.39, 0.29) is 37.4 Å². The molecular weight excluding hydrogens is 436 g/mol. The first-order valence-electron chi connectivity index (χ1n) is 11.4. The third kappa shape index (κ3) is 5.03. The van der Waals surface area contributed by atoms with Gasteiger partial charge < -0.3 is 25.2 Å². The molecule has 2 N–H and O–H groups in total. The zero-order valence-electron chi connectivity index (χ0n) is 19.0. The maximum Gasteiger partial charge on any atom is 0.254 e. The van der Waals surface area contributed by atoms with Crippen LogP contribution in [0.1, 0.15) is 33.6 Å². The predicted molar refractivity (Wildman–Crippen MR) is 124 cm³/mol. The van der Waals surface area contributed by atoms with Gasteiger partial charge in [-0.3, -0.25) is 19.2 Å². The minimum atomic E-state index is -0.918. The summed E-state index contributed by atoms with van der Waals surface area (Å²) in [4.78, 5) is 54.9. The fraction of sp³-hybridized carbons (Fsp3) is 0.360. The van der Waals surface area contributed by atoms with Gasteiger partial charge >= 0.3 is 0 Å². The molecule has 2 fully saturated rings. The van der Waals surface area contributed by atoms with Crippen LogP contribution in [0, 0.1) is 0 Å². The maximum atomic E-state index is 13.3. The molecule has 2 aromatic carbocycles. The van der Waals surface area contributed by atoms with Gasteiger partial charge in [-0.05, 0) is 49.2 Å². The van der Waals surface area contributed by atoms with Gasteiger partial charge in [-0.1, -0.05) is 18.2 Å². The highest BCUT2D eigenvalue weighted by Crippen LogP contribution is 2.19. The molecule has 0 unspecified atom stereocenters. The minimum Gasteiger partial charge on any atom is -0.497 e. The third-order valence-corrected chi connectivity index (χ3v) is 6.19. The number of piperidine rings is 1. The van der Waals surface area contributed by atoms with Crippen LogP contribution in [0.3, 0.4) is 0 Å². The lowest BCUT2D eigenvalue weighted by molar-refractivity contribution is -0.133. The molecule has 2 aliphatic rings. The fourth-order valence-corrected chi connectivity index (χ4v) is 4.28. The molecule has 2 aliphatic heterocycles. The van der Waals surface area contributed by atoms with Crippen LogP contribution in [-0.2, 0) is 9.59 Å². The van der Waals surface area contributed by atoms with Crippen LogP contribution in [0.15, 0.2) is 54.6 Å². The first kappa shape index (κ1) is 23.3. The molecule has 4 amide bonds. The number of hydrogen-bond acceptors (Lipinski definition) is 5. The van der Waals surface area contributed by atoms with Gasteiger partial charge in [0, 0.05) is 30.8 Å². The normalized spacial score (nSPS) is 20.3. The molecule has 0 spiro atoms. The summed E-state index contributed by atoms with van der Waals surface area (Å²) in [6.07, 6.45) is 1.29. The van der Waals surface area contributed by atoms with Crippen LogP contribution in [0.25, 0.3) is 0 Å². The van der Waals surface area contributed by atoms with Crippen molar-refractivity contribution in [1.82, 2.24) is 20.4 Å². The predicted octanol–water partition coefficient (Wildman–Crippen LogP) is 1.06. The topological polar surface area (TPSA) is 108 Å². The lowest BCUT2D eigenvalue weighted by Crippen LogP contribution is -2.63. The van der Waals surface area contributed by atoms with E-state index in [4.69, 9.17) is 4.74 Å². The number of piperazine rings is 1. The number of amides is 4. The van der Waals surface area contributed by atoms with Crippen LogP contribution in [0.5, 0.6) is 5.75 Å². The third-order valence-electron chi connectivity index (χ3n) is 6.19. The summed E-state index contributed by atoms with van der Waals surface area (Å²) in [5.74, 6) is -0.563. The SMILES string of the molecule is COc1ccc(C(=O)N2CCN(C(=O)c3ccccc3)[C@H](C(=O)N[C@H]3CCCNC3=O)C2)cc1. The number of methoxy groups -OCH3 is 1. The summed E-state index contributed by atoms with van der Waals surface area (Å²) in [6, 6.07) is 13.9. The van der Waals surface area contributed by atoms with Crippen LogP contribution >= 0.6 is 0 Å². The molecule has 34 heavy (non-hydrogen) atoms. The molecule has 178 valence electrons. The molecule has 2 saturated heterocycles. The first-order valence-corrected chi connectivity index (χ1v) is 11.4. The Morgan fingerprint density at radius 3 is 2.35 bits per heavy atom. The van der Waals surface area contributed by atoms with Crippen molar-refractivity contribution in [3.8, 4) is 5.75 Å². The second kappa shape index (κ2) is 10.4. The Hall–Kier alpha value is -3.88. The molecule has 0 aliphatic carbocycles. The van der Waals surface area contributed by atoms with E-state index in [1.165, 1.54) is 4.90 Å². The molecule has 2 heterocycles. The highest BCUT2D eigenvalue weighted by molar-refractivity contribution is 6.00. The Bertz CT molecular complexity index is 1060. The number of ether oxygens (including phenoxy) is 1. The molecule has 9 heteroatoms. The van der Waals surface area contributed by atoms with Gasteiger partial charge in [-0.15, -0.1) is 0 Å². The molecule has 9 nitrogen and oxygen atoms in total.